The predicted octanol–water partition coefficient (Wildman–Crippen LogP) is 2.11. The summed E-state index contributed by atoms with van der Waals surface area (Å²) in [6.07, 6.45) is 5.25. The van der Waals surface area contributed by atoms with Crippen LogP contribution in [-0.2, 0) is 6.54 Å². The molecule has 1 aliphatic carbocycles. The van der Waals surface area contributed by atoms with E-state index in [9.17, 15) is 5.11 Å². The molecule has 0 bridgehead atoms. The summed E-state index contributed by atoms with van der Waals surface area (Å²) in [5.74, 6) is 0. The lowest BCUT2D eigenvalue weighted by Crippen LogP contribution is -2.38. The van der Waals surface area contributed by atoms with Gasteiger partial charge in [0.25, 0.3) is 0 Å². The first-order chi connectivity index (χ1) is 9.33. The van der Waals surface area contributed by atoms with Gasteiger partial charge in [0.15, 0.2) is 0 Å². The van der Waals surface area contributed by atoms with Crippen molar-refractivity contribution < 1.29 is 5.11 Å². The summed E-state index contributed by atoms with van der Waals surface area (Å²) < 4.78 is 0. The Labute approximate surface area is 115 Å². The predicted molar refractivity (Wildman–Crippen MR) is 76.9 cm³/mol. The van der Waals surface area contributed by atoms with Crippen LogP contribution in [0.5, 0.6) is 0 Å². The number of aliphatic hydroxyl groups excluding tert-OH is 1. The molecule has 0 spiro atoms. The molecule has 1 saturated carbocycles. The molecule has 2 aliphatic rings. The van der Waals surface area contributed by atoms with E-state index in [4.69, 9.17) is 0 Å². The van der Waals surface area contributed by atoms with Crippen molar-refractivity contribution in [3.05, 3.63) is 35.4 Å². The highest BCUT2D eigenvalue weighted by Crippen LogP contribution is 2.27. The molecule has 1 fully saturated rings. The zero-order valence-electron chi connectivity index (χ0n) is 11.4. The van der Waals surface area contributed by atoms with Crippen LogP contribution < -0.4 is 10.6 Å². The van der Waals surface area contributed by atoms with E-state index >= 15 is 0 Å². The maximum absolute atomic E-state index is 9.81. The second-order valence-corrected chi connectivity index (χ2v) is 5.90. The van der Waals surface area contributed by atoms with Crippen LogP contribution in [0.2, 0.25) is 0 Å². The summed E-state index contributed by atoms with van der Waals surface area (Å²) in [4.78, 5) is 0. The zero-order chi connectivity index (χ0) is 13.1. The quantitative estimate of drug-likeness (QED) is 0.763. The monoisotopic (exact) mass is 260 g/mol. The van der Waals surface area contributed by atoms with Crippen molar-refractivity contribution in [2.24, 2.45) is 0 Å². The van der Waals surface area contributed by atoms with Crippen LogP contribution in [0.4, 0.5) is 0 Å². The third-order valence-corrected chi connectivity index (χ3v) is 4.44. The Kier molecular flexibility index (Phi) is 4.16. The number of nitrogens with one attached hydrogen (secondary N) is 2. The van der Waals surface area contributed by atoms with Crippen molar-refractivity contribution >= 4 is 0 Å². The maximum atomic E-state index is 9.81. The summed E-state index contributed by atoms with van der Waals surface area (Å²) in [6, 6.07) is 9.63. The topological polar surface area (TPSA) is 44.3 Å². The van der Waals surface area contributed by atoms with Crippen molar-refractivity contribution in [3.63, 3.8) is 0 Å². The van der Waals surface area contributed by atoms with Gasteiger partial charge in [-0.05, 0) is 49.8 Å². The summed E-state index contributed by atoms with van der Waals surface area (Å²) in [5, 5.41) is 17.1. The Bertz CT molecular complexity index is 421. The molecule has 0 saturated heterocycles. The Hall–Kier alpha value is -0.900. The second kappa shape index (κ2) is 6.04. The van der Waals surface area contributed by atoms with E-state index in [1.165, 1.54) is 17.5 Å². The van der Waals surface area contributed by atoms with Gasteiger partial charge in [-0.2, -0.15) is 0 Å². The lowest BCUT2D eigenvalue weighted by Gasteiger charge is -2.31. The van der Waals surface area contributed by atoms with Gasteiger partial charge in [0, 0.05) is 18.6 Å². The minimum atomic E-state index is -0.106. The van der Waals surface area contributed by atoms with Crippen molar-refractivity contribution in [1.29, 1.82) is 0 Å². The molecule has 1 heterocycles. The number of fused-ring (bicyclic) bond motifs is 1. The first-order valence-electron chi connectivity index (χ1n) is 7.55. The van der Waals surface area contributed by atoms with E-state index < -0.39 is 0 Å². The average molecular weight is 260 g/mol. The number of rotatable bonds is 2. The van der Waals surface area contributed by atoms with Gasteiger partial charge in [0.05, 0.1) is 6.10 Å². The van der Waals surface area contributed by atoms with Gasteiger partial charge in [0.1, 0.15) is 0 Å². The fourth-order valence-corrected chi connectivity index (χ4v) is 3.43. The Balaban J connectivity index is 1.73. The minimum absolute atomic E-state index is 0.106. The van der Waals surface area contributed by atoms with Gasteiger partial charge in [-0.1, -0.05) is 24.3 Å². The van der Waals surface area contributed by atoms with Crippen molar-refractivity contribution in [2.45, 2.75) is 56.8 Å². The van der Waals surface area contributed by atoms with Gasteiger partial charge >= 0.3 is 0 Å². The highest BCUT2D eigenvalue weighted by atomic mass is 16.3. The van der Waals surface area contributed by atoms with E-state index in [2.05, 4.69) is 34.9 Å². The molecule has 104 valence electrons. The fourth-order valence-electron chi connectivity index (χ4n) is 3.43. The SMILES string of the molecule is OC1CCCC(NC2CCNCc3ccccc32)C1. The van der Waals surface area contributed by atoms with E-state index in [-0.39, 0.29) is 6.10 Å². The molecule has 3 heteroatoms. The Morgan fingerprint density at radius 3 is 2.95 bits per heavy atom. The molecular weight excluding hydrogens is 236 g/mol. The second-order valence-electron chi connectivity index (χ2n) is 5.90. The molecule has 1 aliphatic heterocycles. The van der Waals surface area contributed by atoms with Crippen LogP contribution in [0, 0.1) is 0 Å². The Morgan fingerprint density at radius 2 is 2.05 bits per heavy atom. The van der Waals surface area contributed by atoms with Crippen molar-refractivity contribution in [2.75, 3.05) is 6.54 Å². The van der Waals surface area contributed by atoms with Gasteiger partial charge in [-0.25, -0.2) is 0 Å². The summed E-state index contributed by atoms with van der Waals surface area (Å²) in [6.45, 7) is 2.03. The Morgan fingerprint density at radius 1 is 1.16 bits per heavy atom. The number of hydrogen-bond donors (Lipinski definition) is 3. The van der Waals surface area contributed by atoms with E-state index in [0.29, 0.717) is 12.1 Å². The van der Waals surface area contributed by atoms with E-state index in [1.54, 1.807) is 0 Å². The number of hydrogen-bond acceptors (Lipinski definition) is 3. The first kappa shape index (κ1) is 13.1. The maximum Gasteiger partial charge on any atom is 0.0555 e. The third kappa shape index (κ3) is 3.16. The molecule has 1 aromatic rings. The molecule has 3 atom stereocenters. The van der Waals surface area contributed by atoms with Gasteiger partial charge < -0.3 is 15.7 Å². The molecule has 19 heavy (non-hydrogen) atoms. The van der Waals surface area contributed by atoms with Crippen LogP contribution in [0.25, 0.3) is 0 Å². The fraction of sp³-hybridized carbons (Fsp3) is 0.625. The lowest BCUT2D eigenvalue weighted by molar-refractivity contribution is 0.108. The van der Waals surface area contributed by atoms with Crippen LogP contribution in [0.15, 0.2) is 24.3 Å². The third-order valence-electron chi connectivity index (χ3n) is 4.44. The number of aliphatic hydroxyl groups is 1. The lowest BCUT2D eigenvalue weighted by atomic mass is 9.91. The largest absolute Gasteiger partial charge is 0.393 e. The normalized spacial score (nSPS) is 31.5. The molecule has 3 nitrogen and oxygen atoms in total. The molecule has 0 radical (unpaired) electrons. The molecule has 0 aromatic heterocycles. The highest BCUT2D eigenvalue weighted by molar-refractivity contribution is 5.31. The first-order valence-corrected chi connectivity index (χ1v) is 7.55. The average Bonchev–Trinajstić information content (AvgIpc) is 2.62. The highest BCUT2D eigenvalue weighted by Gasteiger charge is 2.25. The summed E-state index contributed by atoms with van der Waals surface area (Å²) >= 11 is 0. The van der Waals surface area contributed by atoms with Crippen LogP contribution in [-0.4, -0.2) is 23.8 Å². The molecule has 3 unspecified atom stereocenters. The van der Waals surface area contributed by atoms with Crippen LogP contribution >= 0.6 is 0 Å². The van der Waals surface area contributed by atoms with Gasteiger partial charge in [0.2, 0.25) is 0 Å². The zero-order valence-corrected chi connectivity index (χ0v) is 11.4. The standard InChI is InChI=1S/C16H24N2O/c19-14-6-3-5-13(10-14)18-16-8-9-17-11-12-4-1-2-7-15(12)16/h1-2,4,7,13-14,16-19H,3,5-6,8-11H2. The summed E-state index contributed by atoms with van der Waals surface area (Å²) in [7, 11) is 0. The molecule has 1 aromatic carbocycles. The molecular formula is C16H24N2O. The smallest absolute Gasteiger partial charge is 0.0555 e. The number of benzene rings is 1. The van der Waals surface area contributed by atoms with Crippen LogP contribution in [0.3, 0.4) is 0 Å². The molecule has 3 N–H and O–H groups in total. The van der Waals surface area contributed by atoms with Crippen LogP contribution in [0.1, 0.15) is 49.3 Å². The molecule has 0 amide bonds. The molecule has 3 rings (SSSR count). The van der Waals surface area contributed by atoms with Crippen molar-refractivity contribution in [3.8, 4) is 0 Å². The minimum Gasteiger partial charge on any atom is -0.393 e. The summed E-state index contributed by atoms with van der Waals surface area (Å²) in [5.41, 5.74) is 2.85. The van der Waals surface area contributed by atoms with E-state index in [1.807, 2.05) is 0 Å². The van der Waals surface area contributed by atoms with Gasteiger partial charge in [-0.15, -0.1) is 0 Å². The van der Waals surface area contributed by atoms with Crippen molar-refractivity contribution in [1.82, 2.24) is 10.6 Å². The van der Waals surface area contributed by atoms with Gasteiger partial charge in [-0.3, -0.25) is 0 Å². The van der Waals surface area contributed by atoms with E-state index in [0.717, 1.165) is 38.8 Å².